The quantitative estimate of drug-likeness (QED) is 0.263. The molecule has 154 valence electrons. The van der Waals surface area contributed by atoms with Crippen molar-refractivity contribution in [3.8, 4) is 0 Å². The van der Waals surface area contributed by atoms with Crippen LogP contribution < -0.4 is 5.32 Å². The standard InChI is InChI=1S/C20H22ClN3O2S3/c1-27-16-12-13(18(22)24-9-2-3-10-24)4-5-14(16)20(26)28-11-8-23-19(25)15-6-7-17(21)29-15/h4-7,12,22H,2-3,8-11H2,1H3,(H,23,25). The average Bonchev–Trinajstić information content (AvgIpc) is 3.41. The highest BCUT2D eigenvalue weighted by molar-refractivity contribution is 8.14. The van der Waals surface area contributed by atoms with Crippen LogP contribution in [-0.4, -0.2) is 53.4 Å². The van der Waals surface area contributed by atoms with E-state index in [1.807, 2.05) is 24.5 Å². The Morgan fingerprint density at radius 2 is 2.00 bits per heavy atom. The van der Waals surface area contributed by atoms with E-state index in [-0.39, 0.29) is 11.0 Å². The number of rotatable bonds is 7. The molecule has 0 atom stereocenters. The van der Waals surface area contributed by atoms with Crippen LogP contribution in [-0.2, 0) is 0 Å². The van der Waals surface area contributed by atoms with Gasteiger partial charge in [0.15, 0.2) is 0 Å². The summed E-state index contributed by atoms with van der Waals surface area (Å²) < 4.78 is 0.575. The second-order valence-corrected chi connectivity index (χ2v) is 10.1. The number of nitrogens with one attached hydrogen (secondary N) is 2. The molecule has 0 bridgehead atoms. The van der Waals surface area contributed by atoms with Crippen molar-refractivity contribution in [1.29, 1.82) is 5.41 Å². The maximum absolute atomic E-state index is 12.6. The van der Waals surface area contributed by atoms with Crippen LogP contribution in [0.1, 0.15) is 38.4 Å². The van der Waals surface area contributed by atoms with Crippen molar-refractivity contribution in [3.05, 3.63) is 50.7 Å². The van der Waals surface area contributed by atoms with Gasteiger partial charge in [-0.05, 0) is 43.4 Å². The number of amides is 1. The lowest BCUT2D eigenvalue weighted by molar-refractivity contribution is 0.0959. The second kappa shape index (κ2) is 10.5. The number of carbonyl (C=O) groups is 2. The molecule has 9 heteroatoms. The molecule has 1 saturated heterocycles. The molecule has 0 unspecified atom stereocenters. The largest absolute Gasteiger partial charge is 0.357 e. The van der Waals surface area contributed by atoms with Gasteiger partial charge in [0.1, 0.15) is 5.84 Å². The maximum atomic E-state index is 12.6. The molecular formula is C20H22ClN3O2S3. The number of hydrogen-bond donors (Lipinski definition) is 2. The molecule has 1 aliphatic heterocycles. The van der Waals surface area contributed by atoms with Gasteiger partial charge in [-0.25, -0.2) is 0 Å². The molecule has 3 rings (SSSR count). The summed E-state index contributed by atoms with van der Waals surface area (Å²) in [5.41, 5.74) is 1.50. The van der Waals surface area contributed by atoms with Crippen molar-refractivity contribution in [3.63, 3.8) is 0 Å². The Morgan fingerprint density at radius 1 is 1.24 bits per heavy atom. The number of thioether (sulfide) groups is 2. The lowest BCUT2D eigenvalue weighted by Crippen LogP contribution is -2.27. The van der Waals surface area contributed by atoms with Crippen LogP contribution in [0.5, 0.6) is 0 Å². The predicted molar refractivity (Wildman–Crippen MR) is 124 cm³/mol. The number of carbonyl (C=O) groups excluding carboxylic acids is 2. The summed E-state index contributed by atoms with van der Waals surface area (Å²) in [5, 5.41) is 11.2. The SMILES string of the molecule is CSc1cc(C(=N)N2CCCC2)ccc1C(=O)SCCNC(=O)c1ccc(Cl)s1. The summed E-state index contributed by atoms with van der Waals surface area (Å²) in [6.07, 6.45) is 4.19. The molecule has 1 fully saturated rings. The highest BCUT2D eigenvalue weighted by atomic mass is 35.5. The summed E-state index contributed by atoms with van der Waals surface area (Å²) in [6.45, 7) is 2.25. The summed E-state index contributed by atoms with van der Waals surface area (Å²) >= 11 is 9.77. The van der Waals surface area contributed by atoms with Crippen LogP contribution in [0.15, 0.2) is 35.2 Å². The van der Waals surface area contributed by atoms with Gasteiger partial charge in [-0.15, -0.1) is 23.1 Å². The van der Waals surface area contributed by atoms with Crippen molar-refractivity contribution in [2.75, 3.05) is 31.6 Å². The smallest absolute Gasteiger partial charge is 0.261 e. The van der Waals surface area contributed by atoms with Gasteiger partial charge in [0.05, 0.1) is 9.21 Å². The minimum Gasteiger partial charge on any atom is -0.357 e. The Bertz CT molecular complexity index is 910. The predicted octanol–water partition coefficient (Wildman–Crippen LogP) is 4.85. The van der Waals surface area contributed by atoms with Crippen LogP contribution in [0.3, 0.4) is 0 Å². The fourth-order valence-corrected chi connectivity index (χ4v) is 5.41. The molecule has 1 aliphatic rings. The van der Waals surface area contributed by atoms with E-state index in [1.165, 1.54) is 34.9 Å². The van der Waals surface area contributed by atoms with Gasteiger partial charge >= 0.3 is 0 Å². The van der Waals surface area contributed by atoms with Crippen LogP contribution in [0, 0.1) is 5.41 Å². The number of halogens is 1. The molecular weight excluding hydrogens is 446 g/mol. The van der Waals surface area contributed by atoms with Crippen LogP contribution in [0.2, 0.25) is 4.34 Å². The molecule has 2 aromatic rings. The van der Waals surface area contributed by atoms with E-state index in [9.17, 15) is 9.59 Å². The third-order valence-corrected chi connectivity index (χ3v) is 7.43. The van der Waals surface area contributed by atoms with E-state index in [0.29, 0.717) is 32.9 Å². The molecule has 1 aromatic heterocycles. The normalized spacial score (nSPS) is 13.5. The Balaban J connectivity index is 1.54. The molecule has 1 amide bonds. The van der Waals surface area contributed by atoms with Gasteiger partial charge < -0.3 is 10.2 Å². The van der Waals surface area contributed by atoms with Crippen LogP contribution in [0.4, 0.5) is 0 Å². The fourth-order valence-electron chi connectivity index (χ4n) is 3.04. The van der Waals surface area contributed by atoms with Gasteiger partial charge in [-0.1, -0.05) is 29.4 Å². The second-order valence-electron chi connectivity index (χ2n) is 6.45. The molecule has 2 N–H and O–H groups in total. The first-order chi connectivity index (χ1) is 14.0. The van der Waals surface area contributed by atoms with Crippen molar-refractivity contribution in [1.82, 2.24) is 10.2 Å². The number of nitrogens with zero attached hydrogens (tertiary/aromatic N) is 1. The zero-order valence-electron chi connectivity index (χ0n) is 16.0. The zero-order valence-corrected chi connectivity index (χ0v) is 19.2. The summed E-state index contributed by atoms with van der Waals surface area (Å²) in [6, 6.07) is 8.98. The monoisotopic (exact) mass is 467 g/mol. The lowest BCUT2D eigenvalue weighted by atomic mass is 10.1. The maximum Gasteiger partial charge on any atom is 0.261 e. The van der Waals surface area contributed by atoms with E-state index >= 15 is 0 Å². The van der Waals surface area contributed by atoms with Crippen molar-refractivity contribution < 1.29 is 9.59 Å². The minimum atomic E-state index is -0.176. The zero-order chi connectivity index (χ0) is 20.8. The molecule has 29 heavy (non-hydrogen) atoms. The number of hydrogen-bond acceptors (Lipinski definition) is 6. The summed E-state index contributed by atoms with van der Waals surface area (Å²) in [7, 11) is 0. The van der Waals surface area contributed by atoms with Gasteiger partial charge in [0.25, 0.3) is 5.91 Å². The Morgan fingerprint density at radius 3 is 2.66 bits per heavy atom. The third kappa shape index (κ3) is 5.78. The van der Waals surface area contributed by atoms with Crippen LogP contribution >= 0.6 is 46.5 Å². The van der Waals surface area contributed by atoms with Gasteiger partial charge in [-0.2, -0.15) is 0 Å². The van der Waals surface area contributed by atoms with Gasteiger partial charge in [0, 0.05) is 41.4 Å². The molecule has 0 spiro atoms. The Labute approximate surface area is 188 Å². The first-order valence-electron chi connectivity index (χ1n) is 9.22. The number of likely N-dealkylation sites (tertiary alicyclic amines) is 1. The topological polar surface area (TPSA) is 73.3 Å². The summed E-state index contributed by atoms with van der Waals surface area (Å²) in [5.74, 6) is 0.841. The first-order valence-corrected chi connectivity index (χ1v) is 12.6. The van der Waals surface area contributed by atoms with Crippen molar-refractivity contribution >= 4 is 63.3 Å². The highest BCUT2D eigenvalue weighted by Gasteiger charge is 2.19. The number of thiophene rings is 1. The number of benzene rings is 1. The van der Waals surface area contributed by atoms with E-state index in [1.54, 1.807) is 12.1 Å². The minimum absolute atomic E-state index is 0.0259. The highest BCUT2D eigenvalue weighted by Crippen LogP contribution is 2.27. The molecule has 5 nitrogen and oxygen atoms in total. The van der Waals surface area contributed by atoms with E-state index in [4.69, 9.17) is 17.0 Å². The van der Waals surface area contributed by atoms with Crippen molar-refractivity contribution in [2.45, 2.75) is 17.7 Å². The molecule has 2 heterocycles. The van der Waals surface area contributed by atoms with Gasteiger partial charge in [-0.3, -0.25) is 15.0 Å². The lowest BCUT2D eigenvalue weighted by Gasteiger charge is -2.19. The number of amidine groups is 1. The fraction of sp³-hybridized carbons (Fsp3) is 0.350. The molecule has 0 radical (unpaired) electrons. The molecule has 0 aliphatic carbocycles. The van der Waals surface area contributed by atoms with Crippen LogP contribution in [0.25, 0.3) is 0 Å². The Hall–Kier alpha value is -1.48. The third-order valence-electron chi connectivity index (χ3n) is 4.53. The molecule has 0 saturated carbocycles. The van der Waals surface area contributed by atoms with Gasteiger partial charge in [0.2, 0.25) is 5.12 Å². The summed E-state index contributed by atoms with van der Waals surface area (Å²) in [4.78, 5) is 28.2. The van der Waals surface area contributed by atoms with E-state index in [0.717, 1.165) is 36.4 Å². The average molecular weight is 468 g/mol. The van der Waals surface area contributed by atoms with Crippen molar-refractivity contribution in [2.24, 2.45) is 0 Å². The van der Waals surface area contributed by atoms with E-state index < -0.39 is 0 Å². The Kier molecular flexibility index (Phi) is 8.06. The molecule has 1 aromatic carbocycles. The van der Waals surface area contributed by atoms with E-state index in [2.05, 4.69) is 10.2 Å². The first kappa shape index (κ1) is 22.2.